The Morgan fingerprint density at radius 3 is 2.48 bits per heavy atom. The maximum atomic E-state index is 12.8. The van der Waals surface area contributed by atoms with Gasteiger partial charge in [0.25, 0.3) is 0 Å². The van der Waals surface area contributed by atoms with Crippen LogP contribution in [0.3, 0.4) is 0 Å². The molecule has 2 rings (SSSR count). The highest BCUT2D eigenvalue weighted by Gasteiger charge is 2.32. The molecule has 0 aromatic heterocycles. The van der Waals surface area contributed by atoms with Crippen molar-refractivity contribution in [1.29, 1.82) is 0 Å². The number of benzene rings is 2. The lowest BCUT2D eigenvalue weighted by Crippen LogP contribution is -2.08. The van der Waals surface area contributed by atoms with Crippen LogP contribution in [0.15, 0.2) is 47.6 Å². The minimum atomic E-state index is -4.43. The molecule has 0 amide bonds. The molecule has 0 bridgehead atoms. The van der Waals surface area contributed by atoms with Crippen LogP contribution in [0, 0.1) is 0 Å². The Labute approximate surface area is 129 Å². The first-order valence-corrected chi connectivity index (χ1v) is 6.54. The molecule has 110 valence electrons. The molecule has 2 nitrogen and oxygen atoms in total. The van der Waals surface area contributed by atoms with Crippen molar-refractivity contribution in [3.8, 4) is 0 Å². The molecule has 21 heavy (non-hydrogen) atoms. The lowest BCUT2D eigenvalue weighted by atomic mass is 10.1. The second-order valence-electron chi connectivity index (χ2n) is 4.08. The summed E-state index contributed by atoms with van der Waals surface area (Å²) in [5, 5.41) is 4.57. The summed E-state index contributed by atoms with van der Waals surface area (Å²) in [6, 6.07) is 9.83. The summed E-state index contributed by atoms with van der Waals surface area (Å²) in [4.78, 5) is 0. The average molecular weight is 333 g/mol. The number of rotatable bonds is 3. The molecule has 0 fully saturated rings. The van der Waals surface area contributed by atoms with Gasteiger partial charge in [-0.3, -0.25) is 5.43 Å². The molecule has 1 N–H and O–H groups in total. The fraction of sp³-hybridized carbons (Fsp3) is 0.0714. The Hall–Kier alpha value is -1.72. The van der Waals surface area contributed by atoms with Crippen molar-refractivity contribution in [2.45, 2.75) is 6.18 Å². The zero-order valence-electron chi connectivity index (χ0n) is 10.5. The molecule has 7 heteroatoms. The first-order valence-electron chi connectivity index (χ1n) is 5.78. The van der Waals surface area contributed by atoms with Crippen LogP contribution in [0.25, 0.3) is 0 Å². The molecule has 0 radical (unpaired) electrons. The topological polar surface area (TPSA) is 24.4 Å². The predicted octanol–water partition coefficient (Wildman–Crippen LogP) is 5.46. The monoisotopic (exact) mass is 332 g/mol. The van der Waals surface area contributed by atoms with Crippen molar-refractivity contribution >= 4 is 35.1 Å². The zero-order valence-corrected chi connectivity index (χ0v) is 12.0. The van der Waals surface area contributed by atoms with Gasteiger partial charge < -0.3 is 0 Å². The Morgan fingerprint density at radius 1 is 1.05 bits per heavy atom. The lowest BCUT2D eigenvalue weighted by molar-refractivity contribution is -0.137. The molecule has 0 spiro atoms. The van der Waals surface area contributed by atoms with Gasteiger partial charge in [0, 0.05) is 10.6 Å². The summed E-state index contributed by atoms with van der Waals surface area (Å²) in [7, 11) is 0. The molecule has 0 heterocycles. The number of nitrogens with one attached hydrogen (secondary N) is 1. The normalized spacial score (nSPS) is 11.9. The van der Waals surface area contributed by atoms with Crippen LogP contribution in [-0.4, -0.2) is 6.21 Å². The quantitative estimate of drug-likeness (QED) is 0.585. The van der Waals surface area contributed by atoms with E-state index in [1.165, 1.54) is 24.3 Å². The largest absolute Gasteiger partial charge is 0.417 e. The van der Waals surface area contributed by atoms with Crippen molar-refractivity contribution in [3.05, 3.63) is 63.6 Å². The molecule has 0 aliphatic rings. The number of hydrogen-bond acceptors (Lipinski definition) is 2. The number of anilines is 1. The molecule has 2 aromatic rings. The number of alkyl halides is 3. The molecule has 0 aliphatic heterocycles. The molecule has 0 aliphatic carbocycles. The molecule has 0 saturated carbocycles. The summed E-state index contributed by atoms with van der Waals surface area (Å²) in [5.74, 6) is 0. The van der Waals surface area contributed by atoms with E-state index in [1.807, 2.05) is 0 Å². The summed E-state index contributed by atoms with van der Waals surface area (Å²) in [5.41, 5.74) is 2.17. The van der Waals surface area contributed by atoms with Crippen molar-refractivity contribution < 1.29 is 13.2 Å². The van der Waals surface area contributed by atoms with E-state index < -0.39 is 11.7 Å². The average Bonchev–Trinajstić information content (AvgIpc) is 2.42. The van der Waals surface area contributed by atoms with Gasteiger partial charge in [0.1, 0.15) is 0 Å². The highest BCUT2D eigenvalue weighted by Crippen LogP contribution is 2.31. The van der Waals surface area contributed by atoms with Gasteiger partial charge in [-0.05, 0) is 24.3 Å². The molecule has 0 unspecified atom stereocenters. The number of halogens is 5. The maximum Gasteiger partial charge on any atom is 0.417 e. The number of hydrogen-bond donors (Lipinski definition) is 1. The molecular weight excluding hydrogens is 324 g/mol. The second-order valence-corrected chi connectivity index (χ2v) is 4.92. The fourth-order valence-electron chi connectivity index (χ4n) is 1.62. The van der Waals surface area contributed by atoms with E-state index in [2.05, 4.69) is 10.5 Å². The van der Waals surface area contributed by atoms with Crippen LogP contribution in [0.5, 0.6) is 0 Å². The van der Waals surface area contributed by atoms with Crippen LogP contribution in [0.4, 0.5) is 18.9 Å². The van der Waals surface area contributed by atoms with Gasteiger partial charge in [0.15, 0.2) is 0 Å². The van der Waals surface area contributed by atoms with Gasteiger partial charge >= 0.3 is 6.18 Å². The zero-order chi connectivity index (χ0) is 15.5. The SMILES string of the molecule is FC(F)(F)c1ccccc1/C=N/Nc1cc(Cl)ccc1Cl. The van der Waals surface area contributed by atoms with Gasteiger partial charge in [-0.2, -0.15) is 18.3 Å². The van der Waals surface area contributed by atoms with E-state index in [9.17, 15) is 13.2 Å². The first kappa shape index (κ1) is 15.7. The summed E-state index contributed by atoms with van der Waals surface area (Å²) >= 11 is 11.7. The van der Waals surface area contributed by atoms with Crippen LogP contribution >= 0.6 is 23.2 Å². The lowest BCUT2D eigenvalue weighted by Gasteiger charge is -2.09. The van der Waals surface area contributed by atoms with Gasteiger partial charge in [-0.1, -0.05) is 41.4 Å². The maximum absolute atomic E-state index is 12.8. The smallest absolute Gasteiger partial charge is 0.277 e. The van der Waals surface area contributed by atoms with E-state index in [0.29, 0.717) is 15.7 Å². The van der Waals surface area contributed by atoms with Crippen molar-refractivity contribution in [2.24, 2.45) is 5.10 Å². The molecule has 0 saturated heterocycles. The van der Waals surface area contributed by atoms with Crippen LogP contribution in [0.1, 0.15) is 11.1 Å². The molecule has 2 aromatic carbocycles. The van der Waals surface area contributed by atoms with Gasteiger partial charge in [0.2, 0.25) is 0 Å². The highest BCUT2D eigenvalue weighted by atomic mass is 35.5. The highest BCUT2D eigenvalue weighted by molar-refractivity contribution is 6.35. The van der Waals surface area contributed by atoms with Crippen LogP contribution in [-0.2, 0) is 6.18 Å². The van der Waals surface area contributed by atoms with E-state index >= 15 is 0 Å². The van der Waals surface area contributed by atoms with Crippen LogP contribution in [0.2, 0.25) is 10.0 Å². The molecular formula is C14H9Cl2F3N2. The predicted molar refractivity (Wildman–Crippen MR) is 79.1 cm³/mol. The third-order valence-corrected chi connectivity index (χ3v) is 3.15. The van der Waals surface area contributed by atoms with Crippen molar-refractivity contribution in [3.63, 3.8) is 0 Å². The van der Waals surface area contributed by atoms with E-state index in [4.69, 9.17) is 23.2 Å². The van der Waals surface area contributed by atoms with Crippen molar-refractivity contribution in [1.82, 2.24) is 0 Å². The van der Waals surface area contributed by atoms with E-state index in [0.717, 1.165) is 12.3 Å². The Kier molecular flexibility index (Phi) is 4.75. The summed E-state index contributed by atoms with van der Waals surface area (Å²) < 4.78 is 38.4. The Morgan fingerprint density at radius 2 is 1.76 bits per heavy atom. The van der Waals surface area contributed by atoms with Gasteiger partial charge in [-0.15, -0.1) is 0 Å². The standard InChI is InChI=1S/C14H9Cl2F3N2/c15-10-5-6-12(16)13(7-10)21-20-8-9-3-1-2-4-11(9)14(17,18)19/h1-8,21H/b20-8+. The van der Waals surface area contributed by atoms with Crippen molar-refractivity contribution in [2.75, 3.05) is 5.43 Å². The van der Waals surface area contributed by atoms with Gasteiger partial charge in [-0.25, -0.2) is 0 Å². The first-order chi connectivity index (χ1) is 9.88. The van der Waals surface area contributed by atoms with Gasteiger partial charge in [0.05, 0.1) is 22.5 Å². The number of hydrazone groups is 1. The Balaban J connectivity index is 2.21. The second kappa shape index (κ2) is 6.37. The Bertz CT molecular complexity index is 670. The molecule has 0 atom stereocenters. The van der Waals surface area contributed by atoms with Crippen LogP contribution < -0.4 is 5.43 Å². The summed E-state index contributed by atoms with van der Waals surface area (Å²) in [6.07, 6.45) is -3.35. The third kappa shape index (κ3) is 4.12. The van der Waals surface area contributed by atoms with E-state index in [-0.39, 0.29) is 5.56 Å². The fourth-order valence-corrected chi connectivity index (χ4v) is 1.95. The third-order valence-electron chi connectivity index (χ3n) is 2.58. The minimum Gasteiger partial charge on any atom is -0.277 e. The van der Waals surface area contributed by atoms with E-state index in [1.54, 1.807) is 12.1 Å². The summed E-state index contributed by atoms with van der Waals surface area (Å²) in [6.45, 7) is 0. The minimum absolute atomic E-state index is 0.0457. The number of nitrogens with zero attached hydrogens (tertiary/aromatic N) is 1.